The van der Waals surface area contributed by atoms with E-state index < -0.39 is 5.38 Å². The van der Waals surface area contributed by atoms with Crippen LogP contribution in [0.15, 0.2) is 18.2 Å². The van der Waals surface area contributed by atoms with Crippen LogP contribution < -0.4 is 4.74 Å². The number of likely N-dealkylation sites (tertiary alicyclic amines) is 1. The van der Waals surface area contributed by atoms with Crippen LogP contribution in [0.25, 0.3) is 0 Å². The Kier molecular flexibility index (Phi) is 5.55. The second-order valence-corrected chi connectivity index (χ2v) is 5.80. The average molecular weight is 316 g/mol. The lowest BCUT2D eigenvalue weighted by Crippen LogP contribution is -2.34. The molecule has 1 fully saturated rings. The molecule has 1 saturated heterocycles. The van der Waals surface area contributed by atoms with E-state index in [-0.39, 0.29) is 5.91 Å². The number of halogens is 2. The van der Waals surface area contributed by atoms with Gasteiger partial charge in [-0.2, -0.15) is 0 Å². The molecule has 1 unspecified atom stereocenters. The minimum Gasteiger partial charge on any atom is -0.496 e. The van der Waals surface area contributed by atoms with E-state index in [0.717, 1.165) is 25.9 Å². The third-order valence-electron chi connectivity index (χ3n) is 3.62. The smallest absolute Gasteiger partial charge is 0.245 e. The van der Waals surface area contributed by atoms with E-state index in [2.05, 4.69) is 0 Å². The van der Waals surface area contributed by atoms with E-state index in [1.807, 2.05) is 4.90 Å². The summed E-state index contributed by atoms with van der Waals surface area (Å²) < 4.78 is 5.27. The molecule has 0 aliphatic carbocycles. The second-order valence-electron chi connectivity index (χ2n) is 4.96. The van der Waals surface area contributed by atoms with Gasteiger partial charge in [0.25, 0.3) is 0 Å². The molecule has 0 aromatic heterocycles. The van der Waals surface area contributed by atoms with Crippen LogP contribution in [0, 0.1) is 0 Å². The molecule has 2 rings (SSSR count). The number of methoxy groups -OCH3 is 1. The van der Waals surface area contributed by atoms with E-state index in [4.69, 9.17) is 27.9 Å². The van der Waals surface area contributed by atoms with Gasteiger partial charge in [0, 0.05) is 23.7 Å². The van der Waals surface area contributed by atoms with Crippen molar-refractivity contribution in [2.75, 3.05) is 20.2 Å². The average Bonchev–Trinajstić information content (AvgIpc) is 2.74. The maximum absolute atomic E-state index is 12.6. The molecule has 0 radical (unpaired) electrons. The summed E-state index contributed by atoms with van der Waals surface area (Å²) in [7, 11) is 1.55. The zero-order valence-corrected chi connectivity index (χ0v) is 13.1. The van der Waals surface area contributed by atoms with E-state index >= 15 is 0 Å². The van der Waals surface area contributed by atoms with Gasteiger partial charge in [0.15, 0.2) is 0 Å². The summed E-state index contributed by atoms with van der Waals surface area (Å²) in [5.74, 6) is 0.473. The number of carbonyl (C=O) groups excluding carboxylic acids is 1. The number of amides is 1. The highest BCUT2D eigenvalue weighted by Gasteiger charge is 2.28. The van der Waals surface area contributed by atoms with Gasteiger partial charge in [-0.3, -0.25) is 4.79 Å². The van der Waals surface area contributed by atoms with Gasteiger partial charge in [0.1, 0.15) is 11.1 Å². The SMILES string of the molecule is COc1cccc(Cl)c1C(Cl)C(=O)N1CCCCCC1. The zero-order valence-electron chi connectivity index (χ0n) is 11.6. The van der Waals surface area contributed by atoms with Crippen LogP contribution in [0.5, 0.6) is 5.75 Å². The highest BCUT2D eigenvalue weighted by atomic mass is 35.5. The topological polar surface area (TPSA) is 29.5 Å². The first kappa shape index (κ1) is 15.5. The molecule has 1 atom stereocenters. The number of benzene rings is 1. The van der Waals surface area contributed by atoms with Gasteiger partial charge in [-0.25, -0.2) is 0 Å². The molecular formula is C15H19Cl2NO2. The van der Waals surface area contributed by atoms with Crippen molar-refractivity contribution in [2.45, 2.75) is 31.1 Å². The third kappa shape index (κ3) is 3.39. The monoisotopic (exact) mass is 315 g/mol. The molecule has 1 aromatic rings. The van der Waals surface area contributed by atoms with Crippen molar-refractivity contribution in [1.29, 1.82) is 0 Å². The molecule has 0 bridgehead atoms. The molecule has 0 N–H and O–H groups in total. The Morgan fingerprint density at radius 3 is 2.50 bits per heavy atom. The Balaban J connectivity index is 2.21. The summed E-state index contributed by atoms with van der Waals surface area (Å²) in [6.45, 7) is 1.55. The number of carbonyl (C=O) groups is 1. The van der Waals surface area contributed by atoms with E-state index in [1.54, 1.807) is 25.3 Å². The summed E-state index contributed by atoms with van der Waals surface area (Å²) in [5.41, 5.74) is 0.563. The van der Waals surface area contributed by atoms with Crippen LogP contribution in [0.1, 0.15) is 36.6 Å². The number of hydrogen-bond acceptors (Lipinski definition) is 2. The molecule has 5 heteroatoms. The predicted molar refractivity (Wildman–Crippen MR) is 81.6 cm³/mol. The van der Waals surface area contributed by atoms with Crippen molar-refractivity contribution in [3.05, 3.63) is 28.8 Å². The molecule has 20 heavy (non-hydrogen) atoms. The fraction of sp³-hybridized carbons (Fsp3) is 0.533. The lowest BCUT2D eigenvalue weighted by molar-refractivity contribution is -0.130. The van der Waals surface area contributed by atoms with Crippen LogP contribution >= 0.6 is 23.2 Å². The summed E-state index contributed by atoms with van der Waals surface area (Å²) in [4.78, 5) is 14.4. The molecular weight excluding hydrogens is 297 g/mol. The van der Waals surface area contributed by atoms with Gasteiger partial charge in [-0.15, -0.1) is 11.6 Å². The second kappa shape index (κ2) is 7.19. The first-order chi connectivity index (χ1) is 9.65. The van der Waals surface area contributed by atoms with Crippen LogP contribution in [-0.2, 0) is 4.79 Å². The van der Waals surface area contributed by atoms with E-state index in [0.29, 0.717) is 16.3 Å². The molecule has 1 amide bonds. The maximum Gasteiger partial charge on any atom is 0.245 e. The van der Waals surface area contributed by atoms with Crippen LogP contribution in [0.3, 0.4) is 0 Å². The van der Waals surface area contributed by atoms with Crippen molar-refractivity contribution in [2.24, 2.45) is 0 Å². The molecule has 3 nitrogen and oxygen atoms in total. The Morgan fingerprint density at radius 2 is 1.90 bits per heavy atom. The van der Waals surface area contributed by atoms with Crippen molar-refractivity contribution >= 4 is 29.1 Å². The molecule has 1 aromatic carbocycles. The molecule has 0 saturated carbocycles. The Hall–Kier alpha value is -0.930. The molecule has 1 aliphatic rings. The van der Waals surface area contributed by atoms with Gasteiger partial charge < -0.3 is 9.64 Å². The first-order valence-electron chi connectivity index (χ1n) is 6.90. The lowest BCUT2D eigenvalue weighted by Gasteiger charge is -2.24. The quantitative estimate of drug-likeness (QED) is 0.788. The van der Waals surface area contributed by atoms with Crippen molar-refractivity contribution < 1.29 is 9.53 Å². The van der Waals surface area contributed by atoms with Gasteiger partial charge in [-0.1, -0.05) is 30.5 Å². The molecule has 110 valence electrons. The predicted octanol–water partition coefficient (Wildman–Crippen LogP) is 4.03. The summed E-state index contributed by atoms with van der Waals surface area (Å²) >= 11 is 12.6. The third-order valence-corrected chi connectivity index (χ3v) is 4.36. The Morgan fingerprint density at radius 1 is 1.25 bits per heavy atom. The molecule has 0 spiro atoms. The zero-order chi connectivity index (χ0) is 14.5. The van der Waals surface area contributed by atoms with Crippen LogP contribution in [-0.4, -0.2) is 31.0 Å². The number of alkyl halides is 1. The maximum atomic E-state index is 12.6. The number of nitrogens with zero attached hydrogens (tertiary/aromatic N) is 1. The summed E-state index contributed by atoms with van der Waals surface area (Å²) in [6.07, 6.45) is 4.42. The standard InChI is InChI=1S/C15H19Cl2NO2/c1-20-12-8-6-7-11(16)13(12)14(17)15(19)18-9-4-2-3-5-10-18/h6-8,14H,2-5,9-10H2,1H3. The Bertz CT molecular complexity index is 471. The molecule has 1 aliphatic heterocycles. The van der Waals surface area contributed by atoms with Crippen molar-refractivity contribution in [3.8, 4) is 5.75 Å². The molecule has 1 heterocycles. The van der Waals surface area contributed by atoms with Crippen molar-refractivity contribution in [3.63, 3.8) is 0 Å². The Labute approximate surface area is 129 Å². The number of hydrogen-bond donors (Lipinski definition) is 0. The van der Waals surface area contributed by atoms with Gasteiger partial charge in [-0.05, 0) is 25.0 Å². The fourth-order valence-corrected chi connectivity index (χ4v) is 3.21. The summed E-state index contributed by atoms with van der Waals surface area (Å²) in [6, 6.07) is 5.28. The normalized spacial score (nSPS) is 17.4. The van der Waals surface area contributed by atoms with Crippen LogP contribution in [0.4, 0.5) is 0 Å². The first-order valence-corrected chi connectivity index (χ1v) is 7.72. The number of ether oxygens (including phenoxy) is 1. The van der Waals surface area contributed by atoms with Crippen LogP contribution in [0.2, 0.25) is 5.02 Å². The van der Waals surface area contributed by atoms with Gasteiger partial charge in [0.2, 0.25) is 5.91 Å². The minimum absolute atomic E-state index is 0.0834. The van der Waals surface area contributed by atoms with E-state index in [9.17, 15) is 4.79 Å². The lowest BCUT2D eigenvalue weighted by atomic mass is 10.1. The highest BCUT2D eigenvalue weighted by molar-refractivity contribution is 6.36. The highest BCUT2D eigenvalue weighted by Crippen LogP contribution is 2.37. The number of rotatable bonds is 3. The van der Waals surface area contributed by atoms with Crippen molar-refractivity contribution in [1.82, 2.24) is 4.90 Å². The summed E-state index contributed by atoms with van der Waals surface area (Å²) in [5, 5.41) is -0.329. The van der Waals surface area contributed by atoms with Gasteiger partial charge >= 0.3 is 0 Å². The fourth-order valence-electron chi connectivity index (χ4n) is 2.52. The largest absolute Gasteiger partial charge is 0.496 e. The van der Waals surface area contributed by atoms with Gasteiger partial charge in [0.05, 0.1) is 7.11 Å². The van der Waals surface area contributed by atoms with E-state index in [1.165, 1.54) is 12.8 Å². The minimum atomic E-state index is -0.795.